The molecule has 0 saturated heterocycles. The first-order valence-electron chi connectivity index (χ1n) is 5.84. The van der Waals surface area contributed by atoms with Crippen LogP contribution < -0.4 is 15.8 Å². The van der Waals surface area contributed by atoms with E-state index >= 15 is 0 Å². The fourth-order valence-corrected chi connectivity index (χ4v) is 1.59. The highest BCUT2D eigenvalue weighted by Gasteiger charge is 2.24. The summed E-state index contributed by atoms with van der Waals surface area (Å²) in [5, 5.41) is 11.5. The minimum atomic E-state index is -1.08. The van der Waals surface area contributed by atoms with Crippen molar-refractivity contribution in [1.82, 2.24) is 5.32 Å². The van der Waals surface area contributed by atoms with Crippen molar-refractivity contribution < 1.29 is 19.4 Å². The molecule has 0 radical (unpaired) electrons. The summed E-state index contributed by atoms with van der Waals surface area (Å²) in [5.41, 5.74) is 6.18. The van der Waals surface area contributed by atoms with Gasteiger partial charge in [-0.3, -0.25) is 4.79 Å². The van der Waals surface area contributed by atoms with Crippen LogP contribution >= 0.6 is 0 Å². The standard InChI is InChI=1S/C13H18N2O4/c1-7(2)11(13(17)18)15-12(16)9-6-8(19-3)4-5-10(9)14/h4-7,11H,14H2,1-3H3,(H,15,16)(H,17,18)/t11-/m1/s1. The van der Waals surface area contributed by atoms with Gasteiger partial charge >= 0.3 is 5.97 Å². The van der Waals surface area contributed by atoms with E-state index in [4.69, 9.17) is 15.6 Å². The van der Waals surface area contributed by atoms with Gasteiger partial charge in [0.15, 0.2) is 0 Å². The smallest absolute Gasteiger partial charge is 0.326 e. The molecule has 1 atom stereocenters. The normalized spacial score (nSPS) is 12.0. The van der Waals surface area contributed by atoms with Gasteiger partial charge in [-0.2, -0.15) is 0 Å². The molecule has 1 aromatic carbocycles. The molecule has 104 valence electrons. The number of carbonyl (C=O) groups is 2. The number of carboxylic acids is 1. The van der Waals surface area contributed by atoms with E-state index in [1.165, 1.54) is 13.2 Å². The maximum absolute atomic E-state index is 12.0. The largest absolute Gasteiger partial charge is 0.497 e. The molecule has 6 nitrogen and oxygen atoms in total. The summed E-state index contributed by atoms with van der Waals surface area (Å²) in [7, 11) is 1.47. The fraction of sp³-hybridized carbons (Fsp3) is 0.385. The van der Waals surface area contributed by atoms with Gasteiger partial charge in [-0.25, -0.2) is 4.79 Å². The van der Waals surface area contributed by atoms with Crippen LogP contribution in [0.2, 0.25) is 0 Å². The van der Waals surface area contributed by atoms with Crippen LogP contribution in [-0.2, 0) is 4.79 Å². The lowest BCUT2D eigenvalue weighted by Gasteiger charge is -2.18. The van der Waals surface area contributed by atoms with E-state index < -0.39 is 17.9 Å². The Hall–Kier alpha value is -2.24. The zero-order chi connectivity index (χ0) is 14.6. The van der Waals surface area contributed by atoms with Crippen molar-refractivity contribution in [1.29, 1.82) is 0 Å². The lowest BCUT2D eigenvalue weighted by molar-refractivity contribution is -0.140. The van der Waals surface area contributed by atoms with E-state index in [2.05, 4.69) is 5.32 Å². The van der Waals surface area contributed by atoms with E-state index in [1.807, 2.05) is 0 Å². The van der Waals surface area contributed by atoms with Gasteiger partial charge in [0, 0.05) is 5.69 Å². The summed E-state index contributed by atoms with van der Waals surface area (Å²) in [5.74, 6) is -1.36. The maximum atomic E-state index is 12.0. The first-order valence-corrected chi connectivity index (χ1v) is 5.84. The van der Waals surface area contributed by atoms with Crippen LogP contribution in [0.1, 0.15) is 24.2 Å². The van der Waals surface area contributed by atoms with Crippen LogP contribution in [0.25, 0.3) is 0 Å². The Morgan fingerprint density at radius 1 is 1.37 bits per heavy atom. The van der Waals surface area contributed by atoms with E-state index in [0.29, 0.717) is 5.75 Å². The van der Waals surface area contributed by atoms with Gasteiger partial charge in [-0.15, -0.1) is 0 Å². The second-order valence-electron chi connectivity index (χ2n) is 4.49. The molecule has 1 aromatic rings. The van der Waals surface area contributed by atoms with Gasteiger partial charge in [0.1, 0.15) is 11.8 Å². The molecule has 0 fully saturated rings. The molecule has 0 spiro atoms. The van der Waals surface area contributed by atoms with Crippen LogP contribution in [0, 0.1) is 5.92 Å². The summed E-state index contributed by atoms with van der Waals surface area (Å²) in [6.07, 6.45) is 0. The van der Waals surface area contributed by atoms with Crippen LogP contribution in [-0.4, -0.2) is 30.1 Å². The predicted molar refractivity (Wildman–Crippen MR) is 71.1 cm³/mol. The molecule has 0 unspecified atom stereocenters. The van der Waals surface area contributed by atoms with Crippen molar-refractivity contribution >= 4 is 17.6 Å². The Balaban J connectivity index is 2.97. The number of carbonyl (C=O) groups excluding carboxylic acids is 1. The number of nitrogen functional groups attached to an aromatic ring is 1. The molecule has 0 aromatic heterocycles. The average molecular weight is 266 g/mol. The van der Waals surface area contributed by atoms with Gasteiger partial charge in [0.2, 0.25) is 0 Å². The summed E-state index contributed by atoms with van der Waals surface area (Å²) < 4.78 is 5.01. The summed E-state index contributed by atoms with van der Waals surface area (Å²) in [6.45, 7) is 3.43. The van der Waals surface area contributed by atoms with Gasteiger partial charge in [-0.05, 0) is 24.1 Å². The monoisotopic (exact) mass is 266 g/mol. The van der Waals surface area contributed by atoms with Crippen molar-refractivity contribution in [3.63, 3.8) is 0 Å². The molecule has 0 aliphatic heterocycles. The van der Waals surface area contributed by atoms with Crippen LogP contribution in [0.5, 0.6) is 5.75 Å². The molecular weight excluding hydrogens is 248 g/mol. The predicted octanol–water partition coefficient (Wildman–Crippen LogP) is 1.12. The average Bonchev–Trinajstić information content (AvgIpc) is 2.35. The van der Waals surface area contributed by atoms with Crippen molar-refractivity contribution in [3.8, 4) is 5.75 Å². The Labute approximate surface area is 111 Å². The first-order chi connectivity index (χ1) is 8.86. The zero-order valence-corrected chi connectivity index (χ0v) is 11.1. The highest BCUT2D eigenvalue weighted by molar-refractivity contribution is 6.01. The van der Waals surface area contributed by atoms with Crippen molar-refractivity contribution in [3.05, 3.63) is 23.8 Å². The Morgan fingerprint density at radius 2 is 2.00 bits per heavy atom. The Kier molecular flexibility index (Phi) is 4.74. The second kappa shape index (κ2) is 6.08. The highest BCUT2D eigenvalue weighted by atomic mass is 16.5. The summed E-state index contributed by atoms with van der Waals surface area (Å²) in [6, 6.07) is 3.68. The number of aliphatic carboxylic acids is 1. The SMILES string of the molecule is COc1ccc(N)c(C(=O)N[C@@H](C(=O)O)C(C)C)c1. The summed E-state index contributed by atoms with van der Waals surface area (Å²) >= 11 is 0. The molecule has 19 heavy (non-hydrogen) atoms. The molecule has 0 aliphatic carbocycles. The molecule has 0 heterocycles. The molecule has 4 N–H and O–H groups in total. The maximum Gasteiger partial charge on any atom is 0.326 e. The number of rotatable bonds is 5. The topological polar surface area (TPSA) is 102 Å². The van der Waals surface area contributed by atoms with E-state index in [1.54, 1.807) is 26.0 Å². The number of nitrogens with one attached hydrogen (secondary N) is 1. The number of hydrogen-bond donors (Lipinski definition) is 3. The third kappa shape index (κ3) is 3.61. The number of hydrogen-bond acceptors (Lipinski definition) is 4. The van der Waals surface area contributed by atoms with E-state index in [-0.39, 0.29) is 17.2 Å². The van der Waals surface area contributed by atoms with E-state index in [0.717, 1.165) is 0 Å². The van der Waals surface area contributed by atoms with E-state index in [9.17, 15) is 9.59 Å². The Morgan fingerprint density at radius 3 is 2.47 bits per heavy atom. The fourth-order valence-electron chi connectivity index (χ4n) is 1.59. The molecule has 0 bridgehead atoms. The number of anilines is 1. The summed E-state index contributed by atoms with van der Waals surface area (Å²) in [4.78, 5) is 23.1. The van der Waals surface area contributed by atoms with Crippen LogP contribution in [0.3, 0.4) is 0 Å². The van der Waals surface area contributed by atoms with Gasteiger partial charge in [0.05, 0.1) is 12.7 Å². The molecule has 1 rings (SSSR count). The van der Waals surface area contributed by atoms with Crippen molar-refractivity contribution in [2.24, 2.45) is 5.92 Å². The third-order valence-electron chi connectivity index (χ3n) is 2.72. The molecule has 6 heteroatoms. The van der Waals surface area contributed by atoms with Crippen LogP contribution in [0.15, 0.2) is 18.2 Å². The van der Waals surface area contributed by atoms with Crippen molar-refractivity contribution in [2.45, 2.75) is 19.9 Å². The van der Waals surface area contributed by atoms with Gasteiger partial charge in [-0.1, -0.05) is 13.8 Å². The quantitative estimate of drug-likeness (QED) is 0.693. The van der Waals surface area contributed by atoms with Gasteiger partial charge in [0.25, 0.3) is 5.91 Å². The molecular formula is C13H18N2O4. The number of ether oxygens (including phenoxy) is 1. The molecule has 0 aliphatic rings. The van der Waals surface area contributed by atoms with Crippen LogP contribution in [0.4, 0.5) is 5.69 Å². The number of benzene rings is 1. The molecule has 1 amide bonds. The number of amides is 1. The second-order valence-corrected chi connectivity index (χ2v) is 4.49. The zero-order valence-electron chi connectivity index (χ0n) is 11.1. The Bertz CT molecular complexity index is 486. The van der Waals surface area contributed by atoms with Gasteiger partial charge < -0.3 is 20.9 Å². The lowest BCUT2D eigenvalue weighted by atomic mass is 10.0. The highest BCUT2D eigenvalue weighted by Crippen LogP contribution is 2.19. The minimum Gasteiger partial charge on any atom is -0.497 e. The first kappa shape index (κ1) is 14.8. The number of nitrogens with two attached hydrogens (primary N) is 1. The van der Waals surface area contributed by atoms with Crippen molar-refractivity contribution in [2.75, 3.05) is 12.8 Å². The third-order valence-corrected chi connectivity index (χ3v) is 2.72. The number of methoxy groups -OCH3 is 1. The number of carboxylic acid groups (broad SMARTS) is 1. The lowest BCUT2D eigenvalue weighted by Crippen LogP contribution is -2.44. The molecule has 0 saturated carbocycles. The minimum absolute atomic E-state index is 0.200.